The normalized spacial score (nSPS) is 18.9. The zero-order valence-electron chi connectivity index (χ0n) is 47.6. The number of nitrogens with one attached hydrogen (secondary N) is 1. The predicted molar refractivity (Wildman–Crippen MR) is 301 cm³/mol. The summed E-state index contributed by atoms with van der Waals surface area (Å²) >= 11 is 0. The van der Waals surface area contributed by atoms with E-state index in [0.29, 0.717) is 19.4 Å². The summed E-state index contributed by atoms with van der Waals surface area (Å²) in [5.74, 6) is -0.194. The first-order chi connectivity index (χ1) is 35.7. The summed E-state index contributed by atoms with van der Waals surface area (Å²) < 4.78 is 16.7. The first-order valence-electron chi connectivity index (χ1n) is 31.5. The van der Waals surface area contributed by atoms with Crippen molar-refractivity contribution in [3.63, 3.8) is 0 Å². The van der Waals surface area contributed by atoms with Crippen LogP contribution < -0.4 is 5.32 Å². The Labute approximate surface area is 448 Å². The molecule has 1 amide bonds. The van der Waals surface area contributed by atoms with E-state index in [9.17, 15) is 35.1 Å². The SMILES string of the molecule is CCCCCCCCC/C=C/C(O)C(COC1OC(CO)C(O)C(O)C1O)NC(=O)CCCCCCCCCCCCCCCCCCCOC(=O)CCCCCCCCCCCCCCCCCCCCC. The van der Waals surface area contributed by atoms with Gasteiger partial charge >= 0.3 is 5.97 Å². The second kappa shape index (κ2) is 52.5. The third-order valence-corrected chi connectivity index (χ3v) is 15.2. The van der Waals surface area contributed by atoms with Crippen molar-refractivity contribution in [3.8, 4) is 0 Å². The van der Waals surface area contributed by atoms with Gasteiger partial charge in [0, 0.05) is 12.8 Å². The van der Waals surface area contributed by atoms with Crippen LogP contribution in [0.5, 0.6) is 0 Å². The average Bonchev–Trinajstić information content (AvgIpc) is 3.39. The van der Waals surface area contributed by atoms with Crippen molar-refractivity contribution in [3.05, 3.63) is 12.2 Å². The molecule has 6 N–H and O–H groups in total. The third kappa shape index (κ3) is 42.1. The van der Waals surface area contributed by atoms with Crippen LogP contribution >= 0.6 is 0 Å². The van der Waals surface area contributed by atoms with Gasteiger partial charge in [0.05, 0.1) is 32.0 Å². The fourth-order valence-electron chi connectivity index (χ4n) is 10.1. The summed E-state index contributed by atoms with van der Waals surface area (Å²) in [6, 6.07) is -0.812. The van der Waals surface area contributed by atoms with Crippen LogP contribution in [0, 0.1) is 0 Å². The number of allylic oxidation sites excluding steroid dienone is 1. The van der Waals surface area contributed by atoms with Gasteiger partial charge in [-0.1, -0.05) is 276 Å². The van der Waals surface area contributed by atoms with Crippen LogP contribution in [0.15, 0.2) is 12.2 Å². The standard InChI is InChI=1S/C62H119NO10/c1-3-5-7-9-11-13-14-15-16-17-18-21-24-27-30-34-38-42-46-50-58(67)71-51-47-43-39-35-31-28-25-22-19-20-23-26-29-33-37-41-45-49-57(66)63-54(55(65)48-44-40-36-32-12-10-8-6-4-2)53-72-62-61(70)60(69)59(68)56(52-64)73-62/h44,48,54-56,59-62,64-65,68-70H,3-43,45-47,49-53H2,1-2H3,(H,63,66)/b48-44+. The van der Waals surface area contributed by atoms with Crippen molar-refractivity contribution in [2.45, 2.75) is 352 Å². The molecule has 0 saturated carbocycles. The number of ether oxygens (including phenoxy) is 3. The quantitative estimate of drug-likeness (QED) is 0.0195. The Morgan fingerprint density at radius 3 is 1.27 bits per heavy atom. The maximum Gasteiger partial charge on any atom is 0.305 e. The van der Waals surface area contributed by atoms with Crippen molar-refractivity contribution in [2.24, 2.45) is 0 Å². The molecule has 0 radical (unpaired) electrons. The number of hydrogen-bond donors (Lipinski definition) is 6. The van der Waals surface area contributed by atoms with Gasteiger partial charge in [0.1, 0.15) is 24.4 Å². The Morgan fingerprint density at radius 1 is 0.493 bits per heavy atom. The molecule has 11 nitrogen and oxygen atoms in total. The van der Waals surface area contributed by atoms with E-state index in [1.54, 1.807) is 6.08 Å². The van der Waals surface area contributed by atoms with Crippen LogP contribution in [0.2, 0.25) is 0 Å². The molecule has 432 valence electrons. The highest BCUT2D eigenvalue weighted by molar-refractivity contribution is 5.76. The number of esters is 1. The number of hydrogen-bond acceptors (Lipinski definition) is 10. The highest BCUT2D eigenvalue weighted by Gasteiger charge is 2.44. The van der Waals surface area contributed by atoms with Crippen molar-refractivity contribution >= 4 is 11.9 Å². The molecule has 1 aliphatic heterocycles. The Hall–Kier alpha value is -1.60. The van der Waals surface area contributed by atoms with Crippen LogP contribution in [0.3, 0.4) is 0 Å². The van der Waals surface area contributed by atoms with Gasteiger partial charge in [0.2, 0.25) is 5.91 Å². The average molecular weight is 1040 g/mol. The molecule has 1 fully saturated rings. The second-order valence-corrected chi connectivity index (χ2v) is 22.1. The minimum absolute atomic E-state index is 0.00621. The van der Waals surface area contributed by atoms with Crippen LogP contribution in [0.1, 0.15) is 309 Å². The van der Waals surface area contributed by atoms with Gasteiger partial charge in [0.25, 0.3) is 0 Å². The Morgan fingerprint density at radius 2 is 0.863 bits per heavy atom. The molecule has 0 bridgehead atoms. The molecule has 7 unspecified atom stereocenters. The molecule has 1 aliphatic rings. The van der Waals surface area contributed by atoms with Gasteiger partial charge in [-0.05, 0) is 32.1 Å². The van der Waals surface area contributed by atoms with Crippen molar-refractivity contribution in [1.29, 1.82) is 0 Å². The molecular formula is C62H119NO10. The monoisotopic (exact) mass is 1040 g/mol. The van der Waals surface area contributed by atoms with Gasteiger partial charge in [0.15, 0.2) is 6.29 Å². The first kappa shape index (κ1) is 69.4. The smallest absolute Gasteiger partial charge is 0.305 e. The van der Waals surface area contributed by atoms with Crippen LogP contribution in [-0.2, 0) is 23.8 Å². The molecular weight excluding hydrogens is 919 g/mol. The zero-order valence-corrected chi connectivity index (χ0v) is 47.6. The fraction of sp³-hybridized carbons (Fsp3) is 0.935. The lowest BCUT2D eigenvalue weighted by Crippen LogP contribution is -2.60. The molecule has 0 spiro atoms. The molecule has 0 aromatic heterocycles. The van der Waals surface area contributed by atoms with E-state index in [4.69, 9.17) is 14.2 Å². The van der Waals surface area contributed by atoms with E-state index in [1.165, 1.54) is 218 Å². The lowest BCUT2D eigenvalue weighted by Gasteiger charge is -2.40. The van der Waals surface area contributed by atoms with Crippen molar-refractivity contribution in [2.75, 3.05) is 19.8 Å². The largest absolute Gasteiger partial charge is 0.466 e. The highest BCUT2D eigenvalue weighted by atomic mass is 16.7. The van der Waals surface area contributed by atoms with E-state index in [-0.39, 0.29) is 18.5 Å². The van der Waals surface area contributed by atoms with Crippen LogP contribution in [0.4, 0.5) is 0 Å². The Bertz CT molecular complexity index is 1220. The third-order valence-electron chi connectivity index (χ3n) is 15.2. The molecule has 73 heavy (non-hydrogen) atoms. The number of amides is 1. The number of carbonyl (C=O) groups excluding carboxylic acids is 2. The van der Waals surface area contributed by atoms with Crippen LogP contribution in [0.25, 0.3) is 0 Å². The lowest BCUT2D eigenvalue weighted by molar-refractivity contribution is -0.302. The number of aliphatic hydroxyl groups excluding tert-OH is 5. The highest BCUT2D eigenvalue weighted by Crippen LogP contribution is 2.23. The summed E-state index contributed by atoms with van der Waals surface area (Å²) in [6.07, 6.45) is 51.8. The number of unbranched alkanes of at least 4 members (excludes halogenated alkanes) is 41. The maximum atomic E-state index is 13.0. The van der Waals surface area contributed by atoms with E-state index in [2.05, 4.69) is 19.2 Å². The molecule has 0 aliphatic carbocycles. The number of rotatable bonds is 55. The molecule has 0 aromatic carbocycles. The van der Waals surface area contributed by atoms with Gasteiger partial charge in [-0.3, -0.25) is 9.59 Å². The predicted octanol–water partition coefficient (Wildman–Crippen LogP) is 14.7. The number of aliphatic hydroxyl groups is 5. The fourth-order valence-corrected chi connectivity index (χ4v) is 10.1. The van der Waals surface area contributed by atoms with E-state index < -0.39 is 49.5 Å². The summed E-state index contributed by atoms with van der Waals surface area (Å²) in [4.78, 5) is 25.1. The summed E-state index contributed by atoms with van der Waals surface area (Å²) in [7, 11) is 0. The summed E-state index contributed by atoms with van der Waals surface area (Å²) in [6.45, 7) is 4.32. The second-order valence-electron chi connectivity index (χ2n) is 22.1. The molecule has 7 atom stereocenters. The van der Waals surface area contributed by atoms with Gasteiger partial charge in [-0.15, -0.1) is 0 Å². The Balaban J connectivity index is 1.98. The maximum absolute atomic E-state index is 13.0. The lowest BCUT2D eigenvalue weighted by atomic mass is 9.99. The summed E-state index contributed by atoms with van der Waals surface area (Å²) in [5, 5.41) is 54.2. The Kier molecular flexibility index (Phi) is 49.9. The molecule has 1 rings (SSSR count). The molecule has 1 saturated heterocycles. The minimum atomic E-state index is -1.57. The van der Waals surface area contributed by atoms with Crippen molar-refractivity contribution in [1.82, 2.24) is 5.32 Å². The minimum Gasteiger partial charge on any atom is -0.466 e. The van der Waals surface area contributed by atoms with Gasteiger partial charge in [-0.2, -0.15) is 0 Å². The van der Waals surface area contributed by atoms with Gasteiger partial charge < -0.3 is 45.1 Å². The van der Waals surface area contributed by atoms with E-state index >= 15 is 0 Å². The summed E-state index contributed by atoms with van der Waals surface area (Å²) in [5.41, 5.74) is 0. The van der Waals surface area contributed by atoms with Crippen LogP contribution in [-0.4, -0.2) is 100 Å². The van der Waals surface area contributed by atoms with E-state index in [0.717, 1.165) is 64.2 Å². The molecule has 0 aromatic rings. The zero-order chi connectivity index (χ0) is 53.1. The van der Waals surface area contributed by atoms with Gasteiger partial charge in [-0.25, -0.2) is 0 Å². The first-order valence-corrected chi connectivity index (χ1v) is 31.5. The topological polar surface area (TPSA) is 175 Å². The van der Waals surface area contributed by atoms with E-state index in [1.807, 2.05) is 6.08 Å². The molecule has 11 heteroatoms. The van der Waals surface area contributed by atoms with Crippen molar-refractivity contribution < 1.29 is 49.3 Å². The molecule has 1 heterocycles. The number of carbonyl (C=O) groups is 2.